The van der Waals surface area contributed by atoms with E-state index in [0.717, 1.165) is 19.5 Å². The highest BCUT2D eigenvalue weighted by Crippen LogP contribution is 2.38. The highest BCUT2D eigenvalue weighted by atomic mass is 15.0. The second kappa shape index (κ2) is 6.19. The summed E-state index contributed by atoms with van der Waals surface area (Å²) in [7, 11) is 0. The summed E-state index contributed by atoms with van der Waals surface area (Å²) in [5, 5.41) is 3.62. The number of hydrogen-bond donors (Lipinski definition) is 2. The van der Waals surface area contributed by atoms with Crippen molar-refractivity contribution < 1.29 is 0 Å². The number of nitrogens with one attached hydrogen (secondary N) is 1. The van der Waals surface area contributed by atoms with Crippen LogP contribution in [0.4, 0.5) is 0 Å². The van der Waals surface area contributed by atoms with Crippen LogP contribution in [-0.4, -0.2) is 18.6 Å². The van der Waals surface area contributed by atoms with Crippen LogP contribution in [0.5, 0.6) is 0 Å². The molecule has 0 unspecified atom stereocenters. The molecule has 0 atom stereocenters. The van der Waals surface area contributed by atoms with Gasteiger partial charge in [-0.3, -0.25) is 0 Å². The van der Waals surface area contributed by atoms with E-state index in [2.05, 4.69) is 53.8 Å². The van der Waals surface area contributed by atoms with Crippen LogP contribution in [0.3, 0.4) is 0 Å². The molecule has 0 bridgehead atoms. The minimum Gasteiger partial charge on any atom is -0.330 e. The lowest BCUT2D eigenvalue weighted by Gasteiger charge is -2.39. The van der Waals surface area contributed by atoms with Crippen molar-refractivity contribution in [1.29, 1.82) is 0 Å². The fourth-order valence-electron chi connectivity index (χ4n) is 3.29. The Kier molecular flexibility index (Phi) is 6.16. The lowest BCUT2D eigenvalue weighted by molar-refractivity contribution is 0.152. The standard InChI is InChI=1S/C15H34N2/c1-13(2,3)11-14(4,5)12-15(6,7)17-10-8-9-16/h17H,8-12,16H2,1-7H3. The first-order valence-electron chi connectivity index (χ1n) is 6.93. The predicted molar refractivity (Wildman–Crippen MR) is 78.2 cm³/mol. The average molecular weight is 242 g/mol. The normalized spacial score (nSPS) is 14.1. The van der Waals surface area contributed by atoms with Crippen molar-refractivity contribution >= 4 is 0 Å². The molecule has 17 heavy (non-hydrogen) atoms. The molecule has 104 valence electrons. The Hall–Kier alpha value is -0.0800. The molecule has 0 heterocycles. The predicted octanol–water partition coefficient (Wildman–Crippen LogP) is 3.56. The maximum Gasteiger partial charge on any atom is 0.0130 e. The van der Waals surface area contributed by atoms with E-state index in [1.165, 1.54) is 12.8 Å². The van der Waals surface area contributed by atoms with Crippen LogP contribution in [0, 0.1) is 10.8 Å². The summed E-state index contributed by atoms with van der Waals surface area (Å²) >= 11 is 0. The Morgan fingerprint density at radius 2 is 1.41 bits per heavy atom. The van der Waals surface area contributed by atoms with Gasteiger partial charge in [0, 0.05) is 5.54 Å². The molecule has 0 aromatic rings. The second-order valence-corrected chi connectivity index (χ2v) is 8.03. The molecular weight excluding hydrogens is 208 g/mol. The molecule has 0 fully saturated rings. The van der Waals surface area contributed by atoms with Gasteiger partial charge in [0.1, 0.15) is 0 Å². The highest BCUT2D eigenvalue weighted by Gasteiger charge is 2.31. The smallest absolute Gasteiger partial charge is 0.0130 e. The first-order valence-corrected chi connectivity index (χ1v) is 6.93. The van der Waals surface area contributed by atoms with E-state index >= 15 is 0 Å². The molecule has 0 spiro atoms. The van der Waals surface area contributed by atoms with Gasteiger partial charge in [-0.15, -0.1) is 0 Å². The monoisotopic (exact) mass is 242 g/mol. The SMILES string of the molecule is CC(C)(C)CC(C)(C)CC(C)(C)NCCCN. The number of hydrogen-bond acceptors (Lipinski definition) is 2. The van der Waals surface area contributed by atoms with Crippen molar-refractivity contribution in [2.45, 2.75) is 73.3 Å². The van der Waals surface area contributed by atoms with Gasteiger partial charge < -0.3 is 11.1 Å². The van der Waals surface area contributed by atoms with E-state index in [9.17, 15) is 0 Å². The summed E-state index contributed by atoms with van der Waals surface area (Å²) < 4.78 is 0. The minimum absolute atomic E-state index is 0.198. The summed E-state index contributed by atoms with van der Waals surface area (Å²) in [5.74, 6) is 0. The molecule has 0 amide bonds. The van der Waals surface area contributed by atoms with Crippen molar-refractivity contribution in [3.63, 3.8) is 0 Å². The van der Waals surface area contributed by atoms with Crippen LogP contribution < -0.4 is 11.1 Å². The van der Waals surface area contributed by atoms with E-state index in [1.54, 1.807) is 0 Å². The van der Waals surface area contributed by atoms with Crippen molar-refractivity contribution in [2.24, 2.45) is 16.6 Å². The van der Waals surface area contributed by atoms with Gasteiger partial charge in [-0.05, 0) is 57.0 Å². The molecule has 0 aromatic carbocycles. The van der Waals surface area contributed by atoms with Crippen molar-refractivity contribution in [3.8, 4) is 0 Å². The molecule has 0 saturated heterocycles. The van der Waals surface area contributed by atoms with Gasteiger partial charge in [0.05, 0.1) is 0 Å². The second-order valence-electron chi connectivity index (χ2n) is 8.03. The fourth-order valence-corrected chi connectivity index (χ4v) is 3.29. The molecule has 3 N–H and O–H groups in total. The zero-order valence-corrected chi connectivity index (χ0v) is 13.1. The van der Waals surface area contributed by atoms with Crippen molar-refractivity contribution in [1.82, 2.24) is 5.32 Å². The Bertz CT molecular complexity index is 211. The van der Waals surface area contributed by atoms with Gasteiger partial charge in [-0.2, -0.15) is 0 Å². The molecule has 2 nitrogen and oxygen atoms in total. The maximum absolute atomic E-state index is 5.53. The average Bonchev–Trinajstić information content (AvgIpc) is 1.96. The molecule has 0 aliphatic carbocycles. The van der Waals surface area contributed by atoms with E-state index in [1.807, 2.05) is 0 Å². The van der Waals surface area contributed by atoms with Crippen LogP contribution in [-0.2, 0) is 0 Å². The van der Waals surface area contributed by atoms with E-state index in [-0.39, 0.29) is 5.54 Å². The number of rotatable bonds is 7. The molecule has 0 saturated carbocycles. The van der Waals surface area contributed by atoms with Gasteiger partial charge in [-0.1, -0.05) is 34.6 Å². The number of nitrogens with two attached hydrogens (primary N) is 1. The Morgan fingerprint density at radius 3 is 1.82 bits per heavy atom. The lowest BCUT2D eigenvalue weighted by Crippen LogP contribution is -2.44. The Labute approximate surface area is 109 Å². The third-order valence-corrected chi connectivity index (χ3v) is 2.91. The third-order valence-electron chi connectivity index (χ3n) is 2.91. The Balaban J connectivity index is 4.27. The van der Waals surface area contributed by atoms with E-state index in [4.69, 9.17) is 5.73 Å². The summed E-state index contributed by atoms with van der Waals surface area (Å²) in [4.78, 5) is 0. The van der Waals surface area contributed by atoms with Gasteiger partial charge in [0.15, 0.2) is 0 Å². The third kappa shape index (κ3) is 9.61. The summed E-state index contributed by atoms with van der Waals surface area (Å²) in [5.41, 5.74) is 6.50. The first-order chi connectivity index (χ1) is 7.47. The molecule has 0 aliphatic rings. The van der Waals surface area contributed by atoms with E-state index < -0.39 is 0 Å². The van der Waals surface area contributed by atoms with Crippen LogP contribution in [0.15, 0.2) is 0 Å². The first kappa shape index (κ1) is 16.9. The van der Waals surface area contributed by atoms with Crippen molar-refractivity contribution in [2.75, 3.05) is 13.1 Å². The van der Waals surface area contributed by atoms with Gasteiger partial charge in [0.2, 0.25) is 0 Å². The topological polar surface area (TPSA) is 38.0 Å². The highest BCUT2D eigenvalue weighted by molar-refractivity contribution is 4.87. The van der Waals surface area contributed by atoms with Crippen LogP contribution in [0.2, 0.25) is 0 Å². The summed E-state index contributed by atoms with van der Waals surface area (Å²) in [6.07, 6.45) is 3.51. The van der Waals surface area contributed by atoms with Crippen LogP contribution in [0.25, 0.3) is 0 Å². The maximum atomic E-state index is 5.53. The molecule has 0 radical (unpaired) electrons. The van der Waals surface area contributed by atoms with Crippen LogP contribution >= 0.6 is 0 Å². The van der Waals surface area contributed by atoms with Gasteiger partial charge in [-0.25, -0.2) is 0 Å². The van der Waals surface area contributed by atoms with E-state index in [0.29, 0.717) is 10.8 Å². The minimum atomic E-state index is 0.198. The molecule has 0 aromatic heterocycles. The largest absolute Gasteiger partial charge is 0.330 e. The molecule has 0 rings (SSSR count). The fraction of sp³-hybridized carbons (Fsp3) is 1.00. The van der Waals surface area contributed by atoms with Crippen LogP contribution in [0.1, 0.15) is 67.7 Å². The lowest BCUT2D eigenvalue weighted by atomic mass is 9.70. The summed E-state index contributed by atoms with van der Waals surface area (Å²) in [6, 6.07) is 0. The quantitative estimate of drug-likeness (QED) is 0.670. The van der Waals surface area contributed by atoms with Gasteiger partial charge in [0.25, 0.3) is 0 Å². The zero-order chi connectivity index (χ0) is 13.7. The van der Waals surface area contributed by atoms with Gasteiger partial charge >= 0.3 is 0 Å². The summed E-state index contributed by atoms with van der Waals surface area (Å²) in [6.45, 7) is 18.1. The molecular formula is C15H34N2. The molecule has 0 aliphatic heterocycles. The zero-order valence-electron chi connectivity index (χ0n) is 13.1. The van der Waals surface area contributed by atoms with Crippen molar-refractivity contribution in [3.05, 3.63) is 0 Å². The Morgan fingerprint density at radius 1 is 0.882 bits per heavy atom. The molecule has 2 heteroatoms.